The lowest BCUT2D eigenvalue weighted by atomic mass is 9.95. The largest absolute Gasteiger partial charge is 0.477 e. The van der Waals surface area contributed by atoms with Crippen LogP contribution in [0.4, 0.5) is 0 Å². The molecule has 0 fully saturated rings. The summed E-state index contributed by atoms with van der Waals surface area (Å²) < 4.78 is 1.66. The van der Waals surface area contributed by atoms with Gasteiger partial charge in [-0.15, -0.1) is 0 Å². The number of aryl methyl sites for hydroxylation is 1. The lowest BCUT2D eigenvalue weighted by molar-refractivity contribution is 0.0694. The average Bonchev–Trinajstić information content (AvgIpc) is 2.60. The Balaban J connectivity index is 2.76. The van der Waals surface area contributed by atoms with E-state index >= 15 is 0 Å². The maximum absolute atomic E-state index is 13.1. The zero-order valence-corrected chi connectivity index (χ0v) is 18.5. The minimum Gasteiger partial charge on any atom is -0.477 e. The van der Waals surface area contributed by atoms with Crippen molar-refractivity contribution in [3.63, 3.8) is 0 Å². The molecule has 2 rings (SSSR count). The van der Waals surface area contributed by atoms with Gasteiger partial charge in [0.05, 0.1) is 5.69 Å². The van der Waals surface area contributed by atoms with Gasteiger partial charge in [0.25, 0.3) is 5.56 Å². The van der Waals surface area contributed by atoms with Gasteiger partial charge in [0.1, 0.15) is 5.56 Å². The van der Waals surface area contributed by atoms with Gasteiger partial charge in [-0.05, 0) is 60.8 Å². The number of carbonyl (C=O) groups is 1. The second kappa shape index (κ2) is 9.86. The van der Waals surface area contributed by atoms with Gasteiger partial charge < -0.3 is 9.67 Å². The third-order valence-corrected chi connectivity index (χ3v) is 4.84. The van der Waals surface area contributed by atoms with Gasteiger partial charge in [-0.25, -0.2) is 4.79 Å². The summed E-state index contributed by atoms with van der Waals surface area (Å²) >= 11 is 0. The molecule has 0 spiro atoms. The molecule has 0 saturated carbocycles. The van der Waals surface area contributed by atoms with E-state index < -0.39 is 11.5 Å². The number of carboxylic acids is 1. The summed E-state index contributed by atoms with van der Waals surface area (Å²) in [5.41, 5.74) is 3.09. The van der Waals surface area contributed by atoms with Crippen LogP contribution in [0.25, 0.3) is 11.3 Å². The maximum atomic E-state index is 13.1. The highest BCUT2D eigenvalue weighted by Gasteiger charge is 2.21. The first-order valence-electron chi connectivity index (χ1n) is 10.5. The van der Waals surface area contributed by atoms with Crippen LogP contribution < -0.4 is 5.56 Å². The van der Waals surface area contributed by atoms with E-state index in [2.05, 4.69) is 32.7 Å². The molecule has 2 aromatic rings. The average molecular weight is 399 g/mol. The smallest absolute Gasteiger partial charge is 0.341 e. The van der Waals surface area contributed by atoms with E-state index in [1.54, 1.807) is 16.8 Å². The van der Waals surface area contributed by atoms with Crippen LogP contribution in [-0.2, 0) is 19.4 Å². The summed E-state index contributed by atoms with van der Waals surface area (Å²) in [7, 11) is 0. The van der Waals surface area contributed by atoms with E-state index in [9.17, 15) is 14.7 Å². The van der Waals surface area contributed by atoms with E-state index in [4.69, 9.17) is 0 Å². The van der Waals surface area contributed by atoms with Crippen molar-refractivity contribution in [3.8, 4) is 11.3 Å². The predicted octanol–water partition coefficient (Wildman–Crippen LogP) is 5.05. The van der Waals surface area contributed by atoms with Gasteiger partial charge in [-0.1, -0.05) is 41.5 Å². The lowest BCUT2D eigenvalue weighted by Gasteiger charge is -2.21. The molecule has 2 heterocycles. The molecule has 0 unspecified atom stereocenters. The molecule has 0 amide bonds. The number of aromatic nitrogens is 2. The van der Waals surface area contributed by atoms with Crippen LogP contribution in [0.5, 0.6) is 0 Å². The van der Waals surface area contributed by atoms with Crippen LogP contribution in [0.2, 0.25) is 0 Å². The van der Waals surface area contributed by atoms with Gasteiger partial charge in [0.15, 0.2) is 0 Å². The summed E-state index contributed by atoms with van der Waals surface area (Å²) in [5, 5.41) is 9.61. The van der Waals surface area contributed by atoms with Crippen molar-refractivity contribution in [1.29, 1.82) is 0 Å². The quantitative estimate of drug-likeness (QED) is 0.641. The molecule has 0 atom stereocenters. The molecule has 0 aliphatic heterocycles. The second-order valence-electron chi connectivity index (χ2n) is 9.11. The third kappa shape index (κ3) is 6.02. The fourth-order valence-corrected chi connectivity index (χ4v) is 3.55. The molecular formula is C24H34N2O3. The molecule has 29 heavy (non-hydrogen) atoms. The molecule has 158 valence electrons. The molecule has 1 N–H and O–H groups in total. The van der Waals surface area contributed by atoms with Crippen molar-refractivity contribution in [1.82, 2.24) is 9.55 Å². The first kappa shape index (κ1) is 22.9. The van der Waals surface area contributed by atoms with Crippen LogP contribution >= 0.6 is 0 Å². The van der Waals surface area contributed by atoms with Gasteiger partial charge in [-0.3, -0.25) is 9.78 Å². The van der Waals surface area contributed by atoms with Crippen molar-refractivity contribution in [2.45, 2.75) is 67.3 Å². The molecule has 0 radical (unpaired) electrons. The lowest BCUT2D eigenvalue weighted by Crippen LogP contribution is -2.30. The van der Waals surface area contributed by atoms with Gasteiger partial charge in [0.2, 0.25) is 0 Å². The minimum atomic E-state index is -1.17. The summed E-state index contributed by atoms with van der Waals surface area (Å²) in [4.78, 5) is 29.3. The molecule has 0 saturated heterocycles. The molecule has 5 nitrogen and oxygen atoms in total. The minimum absolute atomic E-state index is 0.149. The third-order valence-electron chi connectivity index (χ3n) is 4.84. The fourth-order valence-electron chi connectivity index (χ4n) is 3.55. The Morgan fingerprint density at radius 1 is 1.07 bits per heavy atom. The fraction of sp³-hybridized carbons (Fsp3) is 0.542. The van der Waals surface area contributed by atoms with Crippen molar-refractivity contribution in [2.24, 2.45) is 17.8 Å². The predicted molar refractivity (Wildman–Crippen MR) is 117 cm³/mol. The monoisotopic (exact) mass is 398 g/mol. The van der Waals surface area contributed by atoms with E-state index in [0.29, 0.717) is 18.4 Å². The summed E-state index contributed by atoms with van der Waals surface area (Å²) in [6.07, 6.45) is 4.30. The first-order valence-corrected chi connectivity index (χ1v) is 10.5. The second-order valence-corrected chi connectivity index (χ2v) is 9.11. The Bertz CT molecular complexity index is 911. The summed E-state index contributed by atoms with van der Waals surface area (Å²) in [6, 6.07) is 5.56. The molecule has 0 aromatic carbocycles. The number of rotatable bonds is 9. The number of nitrogens with zero attached hydrogens (tertiary/aromatic N) is 2. The Kier molecular flexibility index (Phi) is 7.77. The van der Waals surface area contributed by atoms with Gasteiger partial charge in [-0.2, -0.15) is 0 Å². The van der Waals surface area contributed by atoms with Crippen LogP contribution in [0.3, 0.4) is 0 Å². The van der Waals surface area contributed by atoms with Gasteiger partial charge >= 0.3 is 5.97 Å². The number of hydrogen-bond acceptors (Lipinski definition) is 3. The van der Waals surface area contributed by atoms with Crippen molar-refractivity contribution in [2.75, 3.05) is 0 Å². The van der Waals surface area contributed by atoms with Crippen LogP contribution in [0.1, 0.15) is 69.6 Å². The highest BCUT2D eigenvalue weighted by molar-refractivity contribution is 5.88. The highest BCUT2D eigenvalue weighted by atomic mass is 16.4. The van der Waals surface area contributed by atoms with Gasteiger partial charge in [0, 0.05) is 24.0 Å². The maximum Gasteiger partial charge on any atom is 0.341 e. The molecule has 5 heteroatoms. The zero-order chi connectivity index (χ0) is 21.7. The Morgan fingerprint density at radius 3 is 2.31 bits per heavy atom. The summed E-state index contributed by atoms with van der Waals surface area (Å²) in [5.74, 6) is 0.00597. The Morgan fingerprint density at radius 2 is 1.76 bits per heavy atom. The normalized spacial score (nSPS) is 11.6. The van der Waals surface area contributed by atoms with E-state index in [1.807, 2.05) is 26.0 Å². The number of aromatic carboxylic acids is 1. The first-order chi connectivity index (χ1) is 13.6. The number of hydrogen-bond donors (Lipinski definition) is 1. The van der Waals surface area contributed by atoms with Crippen molar-refractivity contribution >= 4 is 5.97 Å². The standard InChI is InChI=1S/C24H34N2O3/c1-15(2)7-8-18-13-21(24(28)29)23(27)26(14-17(5)6)22(18)19-9-10-25-20(12-19)11-16(3)4/h9-10,12-13,15-17H,7-8,11,14H2,1-6H3,(H,28,29). The van der Waals surface area contributed by atoms with Crippen molar-refractivity contribution in [3.05, 3.63) is 51.6 Å². The highest BCUT2D eigenvalue weighted by Crippen LogP contribution is 2.27. The van der Waals surface area contributed by atoms with Crippen LogP contribution in [-0.4, -0.2) is 20.6 Å². The van der Waals surface area contributed by atoms with E-state index in [-0.39, 0.29) is 11.5 Å². The van der Waals surface area contributed by atoms with Crippen LogP contribution in [0.15, 0.2) is 29.2 Å². The Hall–Kier alpha value is -2.43. The molecular weight excluding hydrogens is 364 g/mol. The SMILES string of the molecule is CC(C)CCc1cc(C(=O)O)c(=O)n(CC(C)C)c1-c1ccnc(CC(C)C)c1. The molecule has 0 aliphatic rings. The number of pyridine rings is 2. The molecule has 0 bridgehead atoms. The molecule has 0 aliphatic carbocycles. The topological polar surface area (TPSA) is 72.2 Å². The van der Waals surface area contributed by atoms with E-state index in [0.717, 1.165) is 41.8 Å². The summed E-state index contributed by atoms with van der Waals surface area (Å²) in [6.45, 7) is 13.1. The van der Waals surface area contributed by atoms with E-state index in [1.165, 1.54) is 0 Å². The Labute approximate surface area is 173 Å². The van der Waals surface area contributed by atoms with Crippen LogP contribution in [0, 0.1) is 17.8 Å². The number of carboxylic acid groups (broad SMARTS) is 1. The van der Waals surface area contributed by atoms with Crippen molar-refractivity contribution < 1.29 is 9.90 Å². The zero-order valence-electron chi connectivity index (χ0n) is 18.5. The molecule has 2 aromatic heterocycles.